The highest BCUT2D eigenvalue weighted by Gasteiger charge is 2.36. The molecule has 3 heteroatoms. The van der Waals surface area contributed by atoms with Crippen LogP contribution in [0.4, 0.5) is 0 Å². The molecule has 1 unspecified atom stereocenters. The van der Waals surface area contributed by atoms with E-state index < -0.39 is 5.54 Å². The van der Waals surface area contributed by atoms with Gasteiger partial charge in [0.1, 0.15) is 0 Å². The molecular formula is C11H17NOS. The van der Waals surface area contributed by atoms with Gasteiger partial charge in [0.15, 0.2) is 0 Å². The molecule has 0 radical (unpaired) electrons. The summed E-state index contributed by atoms with van der Waals surface area (Å²) in [5.74, 6) is 0.563. The Kier molecular flexibility index (Phi) is 2.41. The zero-order valence-electron chi connectivity index (χ0n) is 8.71. The molecule has 0 aliphatic heterocycles. The molecule has 1 atom stereocenters. The van der Waals surface area contributed by atoms with Gasteiger partial charge in [-0.15, -0.1) is 11.3 Å². The molecule has 0 aromatic carbocycles. The third-order valence-corrected chi connectivity index (χ3v) is 4.51. The second-order valence-electron chi connectivity index (χ2n) is 4.45. The first kappa shape index (κ1) is 10.1. The van der Waals surface area contributed by atoms with Crippen LogP contribution in [0.3, 0.4) is 0 Å². The second-order valence-corrected chi connectivity index (χ2v) is 5.62. The van der Waals surface area contributed by atoms with Crippen LogP contribution in [0.1, 0.15) is 41.5 Å². The molecular weight excluding hydrogens is 194 g/mol. The summed E-state index contributed by atoms with van der Waals surface area (Å²) in [5.41, 5.74) is 6.87. The fraction of sp³-hybridized carbons (Fsp3) is 0.636. The number of thiophene rings is 1. The van der Waals surface area contributed by atoms with E-state index in [0.717, 1.165) is 12.8 Å². The fourth-order valence-electron chi connectivity index (χ4n) is 1.98. The minimum absolute atomic E-state index is 0.0638. The monoisotopic (exact) mass is 211 g/mol. The Labute approximate surface area is 88.8 Å². The molecule has 14 heavy (non-hydrogen) atoms. The number of hydrogen-bond acceptors (Lipinski definition) is 3. The highest BCUT2D eigenvalue weighted by molar-refractivity contribution is 7.12. The van der Waals surface area contributed by atoms with E-state index in [1.165, 1.54) is 15.3 Å². The molecule has 1 heterocycles. The van der Waals surface area contributed by atoms with E-state index in [-0.39, 0.29) is 6.61 Å². The Morgan fingerprint density at radius 2 is 2.36 bits per heavy atom. The van der Waals surface area contributed by atoms with Crippen molar-refractivity contribution in [3.8, 4) is 0 Å². The van der Waals surface area contributed by atoms with E-state index in [4.69, 9.17) is 5.73 Å². The maximum Gasteiger partial charge on any atom is 0.0658 e. The van der Waals surface area contributed by atoms with Crippen LogP contribution in [0.25, 0.3) is 0 Å². The minimum Gasteiger partial charge on any atom is -0.394 e. The lowest BCUT2D eigenvalue weighted by molar-refractivity contribution is 0.197. The first-order chi connectivity index (χ1) is 6.57. The molecule has 2 rings (SSSR count). The van der Waals surface area contributed by atoms with Gasteiger partial charge in [0.2, 0.25) is 0 Å². The summed E-state index contributed by atoms with van der Waals surface area (Å²) >= 11 is 1.86. The molecule has 1 aromatic rings. The Bertz CT molecular complexity index is 345. The topological polar surface area (TPSA) is 46.2 Å². The summed E-state index contributed by atoms with van der Waals surface area (Å²) in [7, 11) is 0. The Balaban J connectivity index is 2.40. The van der Waals surface area contributed by atoms with Gasteiger partial charge in [-0.25, -0.2) is 0 Å². The summed E-state index contributed by atoms with van der Waals surface area (Å²) in [4.78, 5) is 2.77. The van der Waals surface area contributed by atoms with Crippen molar-refractivity contribution in [3.05, 3.63) is 21.4 Å². The van der Waals surface area contributed by atoms with Gasteiger partial charge in [0.25, 0.3) is 0 Å². The average Bonchev–Trinajstić information content (AvgIpc) is 2.68. The number of nitrogens with two attached hydrogens (primary N) is 1. The summed E-state index contributed by atoms with van der Waals surface area (Å²) in [6.07, 6.45) is 1.92. The first-order valence-corrected chi connectivity index (χ1v) is 5.91. The molecule has 78 valence electrons. The SMILES string of the molecule is CC(C)c1cc2c(s1)CCC2(N)CO. The molecule has 0 spiro atoms. The number of aryl methyl sites for hydroxylation is 1. The first-order valence-electron chi connectivity index (χ1n) is 5.09. The zero-order valence-corrected chi connectivity index (χ0v) is 9.53. The normalized spacial score (nSPS) is 25.8. The van der Waals surface area contributed by atoms with Gasteiger partial charge < -0.3 is 10.8 Å². The molecule has 0 amide bonds. The Morgan fingerprint density at radius 3 is 2.93 bits per heavy atom. The van der Waals surface area contributed by atoms with Crippen LogP contribution in [0.15, 0.2) is 6.07 Å². The molecule has 1 aromatic heterocycles. The zero-order chi connectivity index (χ0) is 10.3. The highest BCUT2D eigenvalue weighted by atomic mass is 32.1. The third-order valence-electron chi connectivity index (χ3n) is 3.01. The van der Waals surface area contributed by atoms with Crippen molar-refractivity contribution in [1.29, 1.82) is 0 Å². The van der Waals surface area contributed by atoms with Gasteiger partial charge in [0, 0.05) is 9.75 Å². The number of rotatable bonds is 2. The Hall–Kier alpha value is -0.380. The molecule has 0 saturated carbocycles. The third kappa shape index (κ3) is 1.40. The molecule has 0 fully saturated rings. The van der Waals surface area contributed by atoms with Gasteiger partial charge in [-0.05, 0) is 30.4 Å². The number of aliphatic hydroxyl groups is 1. The van der Waals surface area contributed by atoms with Gasteiger partial charge in [-0.1, -0.05) is 13.8 Å². The van der Waals surface area contributed by atoms with E-state index in [9.17, 15) is 5.11 Å². The quantitative estimate of drug-likeness (QED) is 0.785. The van der Waals surface area contributed by atoms with Crippen molar-refractivity contribution in [2.24, 2.45) is 5.73 Å². The summed E-state index contributed by atoms with van der Waals surface area (Å²) < 4.78 is 0. The highest BCUT2D eigenvalue weighted by Crippen LogP contribution is 2.41. The Morgan fingerprint density at radius 1 is 1.64 bits per heavy atom. The molecule has 1 aliphatic carbocycles. The molecule has 0 saturated heterocycles. The molecule has 3 N–H and O–H groups in total. The van der Waals surface area contributed by atoms with Crippen molar-refractivity contribution >= 4 is 11.3 Å². The van der Waals surface area contributed by atoms with Crippen molar-refractivity contribution in [2.75, 3.05) is 6.61 Å². The number of fused-ring (bicyclic) bond motifs is 1. The van der Waals surface area contributed by atoms with E-state index in [1.807, 2.05) is 11.3 Å². The molecule has 0 bridgehead atoms. The lowest BCUT2D eigenvalue weighted by atomic mass is 9.95. The fourth-order valence-corrected chi connectivity index (χ4v) is 3.25. The number of aliphatic hydroxyl groups excluding tert-OH is 1. The largest absolute Gasteiger partial charge is 0.394 e. The van der Waals surface area contributed by atoms with Crippen molar-refractivity contribution in [2.45, 2.75) is 38.1 Å². The maximum atomic E-state index is 9.30. The summed E-state index contributed by atoms with van der Waals surface area (Å²) in [6, 6.07) is 2.19. The minimum atomic E-state index is -0.459. The van der Waals surface area contributed by atoms with Gasteiger partial charge in [-0.2, -0.15) is 0 Å². The van der Waals surface area contributed by atoms with Crippen LogP contribution < -0.4 is 5.73 Å². The van der Waals surface area contributed by atoms with Crippen LogP contribution in [-0.4, -0.2) is 11.7 Å². The number of hydrogen-bond donors (Lipinski definition) is 2. The molecule has 2 nitrogen and oxygen atoms in total. The predicted molar refractivity (Wildman–Crippen MR) is 59.7 cm³/mol. The molecule has 1 aliphatic rings. The van der Waals surface area contributed by atoms with Crippen LogP contribution >= 0.6 is 11.3 Å². The lowest BCUT2D eigenvalue weighted by Crippen LogP contribution is -2.37. The van der Waals surface area contributed by atoms with Gasteiger partial charge in [-0.3, -0.25) is 0 Å². The van der Waals surface area contributed by atoms with E-state index in [0.29, 0.717) is 5.92 Å². The lowest BCUT2D eigenvalue weighted by Gasteiger charge is -2.21. The standard InChI is InChI=1S/C11H17NOS/c1-7(2)10-5-8-9(14-10)3-4-11(8,12)6-13/h5,7,13H,3-4,6,12H2,1-2H3. The van der Waals surface area contributed by atoms with E-state index in [2.05, 4.69) is 19.9 Å². The van der Waals surface area contributed by atoms with E-state index >= 15 is 0 Å². The van der Waals surface area contributed by atoms with Crippen LogP contribution in [0, 0.1) is 0 Å². The van der Waals surface area contributed by atoms with Gasteiger partial charge >= 0.3 is 0 Å². The van der Waals surface area contributed by atoms with Crippen LogP contribution in [0.2, 0.25) is 0 Å². The van der Waals surface area contributed by atoms with Crippen molar-refractivity contribution in [3.63, 3.8) is 0 Å². The van der Waals surface area contributed by atoms with Crippen LogP contribution in [0.5, 0.6) is 0 Å². The van der Waals surface area contributed by atoms with Crippen LogP contribution in [-0.2, 0) is 12.0 Å². The van der Waals surface area contributed by atoms with Gasteiger partial charge in [0.05, 0.1) is 12.1 Å². The summed E-state index contributed by atoms with van der Waals surface area (Å²) in [6.45, 7) is 4.45. The van der Waals surface area contributed by atoms with Crippen molar-refractivity contribution in [1.82, 2.24) is 0 Å². The van der Waals surface area contributed by atoms with Crippen molar-refractivity contribution < 1.29 is 5.11 Å². The second kappa shape index (κ2) is 3.33. The van der Waals surface area contributed by atoms with E-state index in [1.54, 1.807) is 0 Å². The smallest absolute Gasteiger partial charge is 0.0658 e. The predicted octanol–water partition coefficient (Wildman–Crippen LogP) is 1.96. The summed E-state index contributed by atoms with van der Waals surface area (Å²) in [5, 5.41) is 9.30. The maximum absolute atomic E-state index is 9.30. The average molecular weight is 211 g/mol.